The predicted molar refractivity (Wildman–Crippen MR) is 120 cm³/mol. The zero-order chi connectivity index (χ0) is 20.1. The molecule has 0 aliphatic heterocycles. The number of hydrogen-bond donors (Lipinski definition) is 2. The van der Waals surface area contributed by atoms with Crippen LogP contribution in [0.4, 0.5) is 0 Å². The van der Waals surface area contributed by atoms with Crippen molar-refractivity contribution in [1.82, 2.24) is 30.1 Å². The van der Waals surface area contributed by atoms with Crippen LogP contribution in [0.3, 0.4) is 0 Å². The molecule has 0 saturated heterocycles. The Labute approximate surface area is 175 Å². The molecule has 0 aliphatic rings. The maximum atomic E-state index is 4.56. The normalized spacial score (nSPS) is 11.5. The number of rotatable bonds is 3. The van der Waals surface area contributed by atoms with E-state index in [9.17, 15) is 0 Å². The lowest BCUT2D eigenvalue weighted by Gasteiger charge is -2.00. The summed E-state index contributed by atoms with van der Waals surface area (Å²) in [5.41, 5.74) is 6.32. The van der Waals surface area contributed by atoms with Crippen LogP contribution in [0, 0.1) is 6.92 Å². The average Bonchev–Trinajstić information content (AvgIpc) is 3.51. The summed E-state index contributed by atoms with van der Waals surface area (Å²) in [4.78, 5) is 19.4. The molecule has 0 saturated carbocycles. The van der Waals surface area contributed by atoms with Crippen LogP contribution in [-0.4, -0.2) is 30.1 Å². The number of thiophene rings is 1. The molecule has 6 rings (SSSR count). The summed E-state index contributed by atoms with van der Waals surface area (Å²) in [6, 6.07) is 16.3. The van der Waals surface area contributed by atoms with Gasteiger partial charge >= 0.3 is 0 Å². The first-order chi connectivity index (χ1) is 14.8. The largest absolute Gasteiger partial charge is 0.338 e. The first kappa shape index (κ1) is 17.1. The van der Waals surface area contributed by atoms with Crippen LogP contribution in [0.15, 0.2) is 67.1 Å². The molecule has 30 heavy (non-hydrogen) atoms. The number of hydrogen-bond acceptors (Lipinski definition) is 5. The van der Waals surface area contributed by atoms with Gasteiger partial charge in [0, 0.05) is 38.5 Å². The molecule has 0 aromatic carbocycles. The SMILES string of the molecule is Cc1ccc(-c2ccnc3[nH]c(-c4n[nH]c5cnc(-c6ccccn6)cc45)cc23)s1. The van der Waals surface area contributed by atoms with Crippen molar-refractivity contribution in [2.45, 2.75) is 6.92 Å². The lowest BCUT2D eigenvalue weighted by molar-refractivity contribution is 1.11. The number of aromatic amines is 2. The number of aromatic nitrogens is 6. The van der Waals surface area contributed by atoms with Crippen LogP contribution in [0.5, 0.6) is 0 Å². The van der Waals surface area contributed by atoms with Crippen LogP contribution >= 0.6 is 11.3 Å². The van der Waals surface area contributed by atoms with E-state index < -0.39 is 0 Å². The molecule has 6 nitrogen and oxygen atoms in total. The van der Waals surface area contributed by atoms with E-state index in [-0.39, 0.29) is 0 Å². The van der Waals surface area contributed by atoms with Crippen molar-refractivity contribution in [2.75, 3.05) is 0 Å². The quantitative estimate of drug-likeness (QED) is 0.399. The zero-order valence-electron chi connectivity index (χ0n) is 16.0. The highest BCUT2D eigenvalue weighted by atomic mass is 32.1. The number of nitrogens with one attached hydrogen (secondary N) is 2. The molecular weight excluding hydrogens is 392 g/mol. The number of pyridine rings is 3. The van der Waals surface area contributed by atoms with Crippen molar-refractivity contribution < 1.29 is 0 Å². The Bertz CT molecular complexity index is 1510. The van der Waals surface area contributed by atoms with Gasteiger partial charge < -0.3 is 4.98 Å². The summed E-state index contributed by atoms with van der Waals surface area (Å²) in [6.07, 6.45) is 5.42. The fourth-order valence-corrected chi connectivity index (χ4v) is 4.63. The van der Waals surface area contributed by atoms with Crippen LogP contribution in [-0.2, 0) is 0 Å². The van der Waals surface area contributed by atoms with E-state index in [1.807, 2.05) is 30.5 Å². The van der Waals surface area contributed by atoms with Gasteiger partial charge in [-0.15, -0.1) is 11.3 Å². The standard InChI is InChI=1S/C23H16N6S/c1-13-5-6-21(30-13)14-7-9-25-23-15(14)10-19(27-23)22-16-11-18(17-4-2-3-8-24-17)26-12-20(16)28-29-22/h2-12H,1H3,(H,25,27)(H,28,29). The summed E-state index contributed by atoms with van der Waals surface area (Å²) >= 11 is 1.79. The summed E-state index contributed by atoms with van der Waals surface area (Å²) < 4.78 is 0. The second kappa shape index (κ2) is 6.60. The van der Waals surface area contributed by atoms with E-state index in [0.717, 1.165) is 44.7 Å². The average molecular weight is 408 g/mol. The fourth-order valence-electron chi connectivity index (χ4n) is 3.73. The lowest BCUT2D eigenvalue weighted by atomic mass is 10.1. The molecule has 144 valence electrons. The highest BCUT2D eigenvalue weighted by Crippen LogP contribution is 2.36. The van der Waals surface area contributed by atoms with Crippen molar-refractivity contribution in [1.29, 1.82) is 0 Å². The van der Waals surface area contributed by atoms with Crippen LogP contribution in [0.1, 0.15) is 4.88 Å². The van der Waals surface area contributed by atoms with Crippen molar-refractivity contribution in [3.8, 4) is 33.2 Å². The van der Waals surface area contributed by atoms with Crippen molar-refractivity contribution >= 4 is 33.3 Å². The summed E-state index contributed by atoms with van der Waals surface area (Å²) in [6.45, 7) is 2.12. The summed E-state index contributed by atoms with van der Waals surface area (Å²) in [5.74, 6) is 0. The highest BCUT2D eigenvalue weighted by Gasteiger charge is 2.16. The molecule has 6 aromatic heterocycles. The van der Waals surface area contributed by atoms with Gasteiger partial charge in [0.05, 0.1) is 28.8 Å². The van der Waals surface area contributed by atoms with E-state index in [1.165, 1.54) is 15.3 Å². The van der Waals surface area contributed by atoms with Crippen molar-refractivity contribution in [3.05, 3.63) is 72.0 Å². The molecule has 7 heteroatoms. The van der Waals surface area contributed by atoms with E-state index >= 15 is 0 Å². The molecule has 0 radical (unpaired) electrons. The Hall–Kier alpha value is -3.84. The molecule has 0 atom stereocenters. The van der Waals surface area contributed by atoms with Gasteiger partial charge in [-0.3, -0.25) is 15.1 Å². The third kappa shape index (κ3) is 2.71. The van der Waals surface area contributed by atoms with E-state index in [0.29, 0.717) is 0 Å². The van der Waals surface area contributed by atoms with Gasteiger partial charge in [-0.1, -0.05) is 6.07 Å². The molecule has 0 amide bonds. The molecule has 0 spiro atoms. The predicted octanol–water partition coefficient (Wildman–Crippen LogP) is 5.60. The Morgan fingerprint density at radius 2 is 1.83 bits per heavy atom. The number of fused-ring (bicyclic) bond motifs is 2. The first-order valence-electron chi connectivity index (χ1n) is 9.57. The van der Waals surface area contributed by atoms with Gasteiger partial charge in [0.2, 0.25) is 0 Å². The topological polar surface area (TPSA) is 83.1 Å². The molecule has 0 fully saturated rings. The molecule has 0 unspecified atom stereocenters. The second-order valence-corrected chi connectivity index (χ2v) is 8.40. The Morgan fingerprint density at radius 3 is 2.67 bits per heavy atom. The second-order valence-electron chi connectivity index (χ2n) is 7.12. The van der Waals surface area contributed by atoms with E-state index in [4.69, 9.17) is 0 Å². The minimum Gasteiger partial charge on any atom is -0.338 e. The fraction of sp³-hybridized carbons (Fsp3) is 0.0435. The minimum absolute atomic E-state index is 0.815. The molecule has 2 N–H and O–H groups in total. The molecule has 0 bridgehead atoms. The Morgan fingerprint density at radius 1 is 0.867 bits per heavy atom. The molecule has 6 heterocycles. The van der Waals surface area contributed by atoms with Gasteiger partial charge in [0.25, 0.3) is 0 Å². The monoisotopic (exact) mass is 408 g/mol. The van der Waals surface area contributed by atoms with Gasteiger partial charge in [0.1, 0.15) is 11.3 Å². The highest BCUT2D eigenvalue weighted by molar-refractivity contribution is 7.15. The smallest absolute Gasteiger partial charge is 0.138 e. The summed E-state index contributed by atoms with van der Waals surface area (Å²) in [5, 5.41) is 9.73. The summed E-state index contributed by atoms with van der Waals surface area (Å²) in [7, 11) is 0. The maximum Gasteiger partial charge on any atom is 0.138 e. The third-order valence-corrected chi connectivity index (χ3v) is 6.20. The van der Waals surface area contributed by atoms with Crippen LogP contribution < -0.4 is 0 Å². The first-order valence-corrected chi connectivity index (χ1v) is 10.4. The van der Waals surface area contributed by atoms with Crippen molar-refractivity contribution in [2.24, 2.45) is 0 Å². The van der Waals surface area contributed by atoms with Gasteiger partial charge in [-0.05, 0) is 49.4 Å². The maximum absolute atomic E-state index is 4.56. The Kier molecular flexibility index (Phi) is 3.75. The van der Waals surface area contributed by atoms with E-state index in [2.05, 4.69) is 61.3 Å². The zero-order valence-corrected chi connectivity index (χ0v) is 16.9. The number of aryl methyl sites for hydroxylation is 1. The lowest BCUT2D eigenvalue weighted by Crippen LogP contribution is -1.86. The third-order valence-electron chi connectivity index (χ3n) is 5.17. The molecular formula is C23H16N6S. The molecule has 0 aliphatic carbocycles. The van der Waals surface area contributed by atoms with E-state index in [1.54, 1.807) is 23.7 Å². The minimum atomic E-state index is 0.815. The van der Waals surface area contributed by atoms with Gasteiger partial charge in [-0.2, -0.15) is 5.10 Å². The van der Waals surface area contributed by atoms with Crippen molar-refractivity contribution in [3.63, 3.8) is 0 Å². The van der Waals surface area contributed by atoms with Crippen LogP contribution in [0.2, 0.25) is 0 Å². The Balaban J connectivity index is 1.52. The molecule has 6 aromatic rings. The number of nitrogens with zero attached hydrogens (tertiary/aromatic N) is 4. The number of H-pyrrole nitrogens is 2. The van der Waals surface area contributed by atoms with Crippen LogP contribution in [0.25, 0.3) is 55.2 Å². The van der Waals surface area contributed by atoms with Gasteiger partial charge in [0.15, 0.2) is 0 Å². The van der Waals surface area contributed by atoms with Gasteiger partial charge in [-0.25, -0.2) is 4.98 Å².